The maximum atomic E-state index is 13.2. The van der Waals surface area contributed by atoms with Gasteiger partial charge in [-0.15, -0.1) is 0 Å². The van der Waals surface area contributed by atoms with Crippen LogP contribution in [0.3, 0.4) is 0 Å². The Labute approximate surface area is 205 Å². The molecule has 8 heteroatoms. The second-order valence-electron chi connectivity index (χ2n) is 7.53. The fraction of sp³-hybridized carbons (Fsp3) is 0.120. The third-order valence-corrected chi connectivity index (χ3v) is 6.49. The number of ether oxygens (including phenoxy) is 1. The number of methoxy groups -OCH3 is 1. The lowest BCUT2D eigenvalue weighted by Crippen LogP contribution is -2.29. The van der Waals surface area contributed by atoms with E-state index in [4.69, 9.17) is 39.5 Å². The molecule has 168 valence electrons. The predicted molar refractivity (Wildman–Crippen MR) is 130 cm³/mol. The van der Waals surface area contributed by atoms with Gasteiger partial charge in [-0.2, -0.15) is 0 Å². The van der Waals surface area contributed by atoms with Gasteiger partial charge >= 0.3 is 0 Å². The SMILES string of the molecule is COc1cc(/C(O)=C2/C(=O)C(=O)N(c3ccc(C)cc3)C2c2ccc(Cl)c(Cl)c2)ccc1Cl. The first-order valence-electron chi connectivity index (χ1n) is 9.89. The molecule has 0 aromatic heterocycles. The van der Waals surface area contributed by atoms with Crippen molar-refractivity contribution in [2.24, 2.45) is 0 Å². The van der Waals surface area contributed by atoms with Crippen LogP contribution in [0.1, 0.15) is 22.7 Å². The molecule has 3 aromatic rings. The maximum Gasteiger partial charge on any atom is 0.300 e. The van der Waals surface area contributed by atoms with Gasteiger partial charge in [0, 0.05) is 11.3 Å². The van der Waals surface area contributed by atoms with E-state index in [2.05, 4.69) is 0 Å². The molecule has 0 bridgehead atoms. The minimum absolute atomic E-state index is 0.0802. The number of aryl methyl sites for hydroxylation is 1. The lowest BCUT2D eigenvalue weighted by Gasteiger charge is -2.26. The first-order chi connectivity index (χ1) is 15.7. The van der Waals surface area contributed by atoms with Crippen LogP contribution in [0.25, 0.3) is 5.76 Å². The number of halogens is 3. The molecular weight excluding hydrogens is 485 g/mol. The molecule has 5 nitrogen and oxygen atoms in total. The summed E-state index contributed by atoms with van der Waals surface area (Å²) in [5, 5.41) is 12.1. The Hall–Kier alpha value is -2.99. The highest BCUT2D eigenvalue weighted by Gasteiger charge is 2.47. The van der Waals surface area contributed by atoms with Crippen LogP contribution in [0.5, 0.6) is 5.75 Å². The Morgan fingerprint density at radius 2 is 1.58 bits per heavy atom. The van der Waals surface area contributed by atoms with Crippen LogP contribution in [0.4, 0.5) is 5.69 Å². The molecule has 33 heavy (non-hydrogen) atoms. The molecule has 0 saturated carbocycles. The molecule has 1 aliphatic heterocycles. The zero-order valence-corrected chi connectivity index (χ0v) is 19.9. The van der Waals surface area contributed by atoms with Crippen LogP contribution >= 0.6 is 34.8 Å². The van der Waals surface area contributed by atoms with Crippen molar-refractivity contribution in [3.63, 3.8) is 0 Å². The van der Waals surface area contributed by atoms with Crippen molar-refractivity contribution in [2.45, 2.75) is 13.0 Å². The molecule has 4 rings (SSSR count). The minimum Gasteiger partial charge on any atom is -0.507 e. The van der Waals surface area contributed by atoms with Crippen molar-refractivity contribution in [3.05, 3.63) is 98.0 Å². The van der Waals surface area contributed by atoms with E-state index in [0.29, 0.717) is 27.0 Å². The summed E-state index contributed by atoms with van der Waals surface area (Å²) in [5.41, 5.74) is 2.22. The molecule has 1 amide bonds. The van der Waals surface area contributed by atoms with Gasteiger partial charge in [-0.3, -0.25) is 14.5 Å². The van der Waals surface area contributed by atoms with Crippen LogP contribution in [-0.4, -0.2) is 23.9 Å². The molecule has 3 aromatic carbocycles. The molecule has 0 radical (unpaired) electrons. The quantitative estimate of drug-likeness (QED) is 0.248. The lowest BCUT2D eigenvalue weighted by molar-refractivity contribution is -0.132. The van der Waals surface area contributed by atoms with Crippen molar-refractivity contribution >= 4 is 57.9 Å². The Morgan fingerprint density at radius 3 is 2.21 bits per heavy atom. The first-order valence-corrected chi connectivity index (χ1v) is 11.0. The number of carbonyl (C=O) groups is 2. The predicted octanol–water partition coefficient (Wildman–Crippen LogP) is 6.59. The standard InChI is InChI=1S/C25H18Cl3NO4/c1-13-3-7-16(8-4-13)29-22(14-5-9-17(26)19(28)11-14)21(24(31)25(29)32)23(30)15-6-10-18(27)20(12-15)33-2/h3-12,22,30H,1-2H3/b23-21-. The van der Waals surface area contributed by atoms with Gasteiger partial charge < -0.3 is 9.84 Å². The molecule has 1 fully saturated rings. The number of aliphatic hydroxyl groups is 1. The Balaban J connectivity index is 1.96. The van der Waals surface area contributed by atoms with Crippen molar-refractivity contribution in [1.82, 2.24) is 0 Å². The van der Waals surface area contributed by atoms with Gasteiger partial charge in [0.05, 0.1) is 33.8 Å². The number of hydrogen-bond acceptors (Lipinski definition) is 4. The van der Waals surface area contributed by atoms with E-state index in [1.165, 1.54) is 18.1 Å². The number of Topliss-reactive ketones (excluding diaryl/α,β-unsaturated/α-hetero) is 1. The Kier molecular flexibility index (Phi) is 6.39. The van der Waals surface area contributed by atoms with E-state index in [9.17, 15) is 14.7 Å². The van der Waals surface area contributed by atoms with E-state index in [0.717, 1.165) is 5.56 Å². The van der Waals surface area contributed by atoms with Gasteiger partial charge in [0.2, 0.25) is 0 Å². The monoisotopic (exact) mass is 501 g/mol. The van der Waals surface area contributed by atoms with Gasteiger partial charge in [0.1, 0.15) is 11.5 Å². The summed E-state index contributed by atoms with van der Waals surface area (Å²) in [5.74, 6) is -1.62. The van der Waals surface area contributed by atoms with E-state index in [-0.39, 0.29) is 21.9 Å². The zero-order chi connectivity index (χ0) is 23.9. The van der Waals surface area contributed by atoms with Crippen LogP contribution < -0.4 is 9.64 Å². The van der Waals surface area contributed by atoms with Gasteiger partial charge in [0.25, 0.3) is 11.7 Å². The van der Waals surface area contributed by atoms with Gasteiger partial charge in [-0.1, -0.05) is 58.6 Å². The molecule has 0 spiro atoms. The lowest BCUT2D eigenvalue weighted by atomic mass is 9.95. The number of ketones is 1. The summed E-state index contributed by atoms with van der Waals surface area (Å²) in [6, 6.07) is 15.7. The highest BCUT2D eigenvalue weighted by molar-refractivity contribution is 6.52. The normalized spacial score (nSPS) is 17.5. The van der Waals surface area contributed by atoms with E-state index in [1.807, 2.05) is 19.1 Å². The largest absolute Gasteiger partial charge is 0.507 e. The third-order valence-electron chi connectivity index (χ3n) is 5.44. The molecule has 1 heterocycles. The Morgan fingerprint density at radius 1 is 0.909 bits per heavy atom. The number of carbonyl (C=O) groups excluding carboxylic acids is 2. The Bertz CT molecular complexity index is 1300. The number of aliphatic hydroxyl groups excluding tert-OH is 1. The van der Waals surface area contributed by atoms with Crippen molar-refractivity contribution in [3.8, 4) is 5.75 Å². The number of rotatable bonds is 4. The summed E-state index contributed by atoms with van der Waals surface area (Å²) in [4.78, 5) is 27.7. The highest BCUT2D eigenvalue weighted by atomic mass is 35.5. The van der Waals surface area contributed by atoms with Gasteiger partial charge in [-0.05, 0) is 55.0 Å². The topological polar surface area (TPSA) is 66.8 Å². The smallest absolute Gasteiger partial charge is 0.300 e. The molecular formula is C25H18Cl3NO4. The maximum absolute atomic E-state index is 13.2. The number of amides is 1. The van der Waals surface area contributed by atoms with E-state index in [1.54, 1.807) is 42.5 Å². The molecule has 1 atom stereocenters. The van der Waals surface area contributed by atoms with Gasteiger partial charge in [0.15, 0.2) is 0 Å². The average molecular weight is 503 g/mol. The van der Waals surface area contributed by atoms with E-state index < -0.39 is 17.7 Å². The van der Waals surface area contributed by atoms with Crippen molar-refractivity contribution in [1.29, 1.82) is 0 Å². The van der Waals surface area contributed by atoms with Crippen LogP contribution in [0.2, 0.25) is 15.1 Å². The summed E-state index contributed by atoms with van der Waals surface area (Å²) < 4.78 is 5.23. The van der Waals surface area contributed by atoms with Crippen molar-refractivity contribution in [2.75, 3.05) is 12.0 Å². The summed E-state index contributed by atoms with van der Waals surface area (Å²) in [7, 11) is 1.44. The number of nitrogens with zero attached hydrogens (tertiary/aromatic N) is 1. The van der Waals surface area contributed by atoms with Crippen LogP contribution in [0.15, 0.2) is 66.2 Å². The second kappa shape index (κ2) is 9.10. The summed E-state index contributed by atoms with van der Waals surface area (Å²) in [6.07, 6.45) is 0. The third kappa shape index (κ3) is 4.20. The fourth-order valence-electron chi connectivity index (χ4n) is 3.76. The molecule has 1 saturated heterocycles. The second-order valence-corrected chi connectivity index (χ2v) is 8.75. The average Bonchev–Trinajstić information content (AvgIpc) is 3.06. The fourth-order valence-corrected chi connectivity index (χ4v) is 4.27. The minimum atomic E-state index is -0.927. The highest BCUT2D eigenvalue weighted by Crippen LogP contribution is 2.43. The van der Waals surface area contributed by atoms with E-state index >= 15 is 0 Å². The van der Waals surface area contributed by atoms with Crippen LogP contribution in [-0.2, 0) is 9.59 Å². The molecule has 1 aliphatic rings. The summed E-state index contributed by atoms with van der Waals surface area (Å²) in [6.45, 7) is 1.92. The van der Waals surface area contributed by atoms with Crippen molar-refractivity contribution < 1.29 is 19.4 Å². The number of anilines is 1. The number of hydrogen-bond donors (Lipinski definition) is 1. The molecule has 0 aliphatic carbocycles. The molecule has 1 unspecified atom stereocenters. The van der Waals surface area contributed by atoms with Crippen LogP contribution in [0, 0.1) is 6.92 Å². The zero-order valence-electron chi connectivity index (χ0n) is 17.6. The summed E-state index contributed by atoms with van der Waals surface area (Å²) >= 11 is 18.4. The first kappa shape index (κ1) is 23.2. The molecule has 1 N–H and O–H groups in total. The number of benzene rings is 3. The van der Waals surface area contributed by atoms with Gasteiger partial charge in [-0.25, -0.2) is 0 Å².